The molecule has 0 saturated carbocycles. The van der Waals surface area contributed by atoms with Crippen molar-refractivity contribution in [2.75, 3.05) is 0 Å². The summed E-state index contributed by atoms with van der Waals surface area (Å²) in [6.07, 6.45) is 2.22. The van der Waals surface area contributed by atoms with Crippen molar-refractivity contribution < 1.29 is 4.74 Å². The Morgan fingerprint density at radius 2 is 1.52 bits per heavy atom. The van der Waals surface area contributed by atoms with Gasteiger partial charge in [0.1, 0.15) is 23.5 Å². The Hall–Kier alpha value is -3.61. The molecule has 0 fully saturated rings. The number of hydrogen-bond acceptors (Lipinski definition) is 6. The molecule has 132 valence electrons. The largest absolute Gasteiger partial charge is 0.356 e. The van der Waals surface area contributed by atoms with Crippen LogP contribution in [0.15, 0.2) is 60.8 Å². The molecule has 0 saturated heterocycles. The quantitative estimate of drug-likeness (QED) is 0.671. The van der Waals surface area contributed by atoms with Crippen molar-refractivity contribution in [1.29, 1.82) is 10.5 Å². The minimum Gasteiger partial charge on any atom is -0.356 e. The molecule has 0 amide bonds. The molecule has 3 aromatic rings. The molecule has 0 bridgehead atoms. The van der Waals surface area contributed by atoms with E-state index in [4.69, 9.17) is 4.74 Å². The Kier molecular flexibility index (Phi) is 5.51. The van der Waals surface area contributed by atoms with Gasteiger partial charge in [-0.3, -0.25) is 4.98 Å². The molecule has 0 aromatic carbocycles. The molecular weight excluding hydrogens is 338 g/mol. The summed E-state index contributed by atoms with van der Waals surface area (Å²) in [5, 5.41) is 18.5. The summed E-state index contributed by atoms with van der Waals surface area (Å²) in [7, 11) is 0. The SMILES string of the molecule is CCC(OCc1ccccn1)(c1cccc(C#N)n1)c1cccc(C#N)n1. The summed E-state index contributed by atoms with van der Waals surface area (Å²) < 4.78 is 6.33. The predicted molar refractivity (Wildman–Crippen MR) is 98.0 cm³/mol. The van der Waals surface area contributed by atoms with E-state index in [9.17, 15) is 10.5 Å². The lowest BCUT2D eigenvalue weighted by molar-refractivity contribution is -0.0408. The molecule has 27 heavy (non-hydrogen) atoms. The highest BCUT2D eigenvalue weighted by molar-refractivity contribution is 5.34. The summed E-state index contributed by atoms with van der Waals surface area (Å²) >= 11 is 0. The van der Waals surface area contributed by atoms with Gasteiger partial charge in [-0.1, -0.05) is 25.1 Å². The first kappa shape index (κ1) is 18.2. The van der Waals surface area contributed by atoms with Crippen molar-refractivity contribution in [1.82, 2.24) is 15.0 Å². The van der Waals surface area contributed by atoms with Crippen LogP contribution < -0.4 is 0 Å². The lowest BCUT2D eigenvalue weighted by Gasteiger charge is -2.32. The van der Waals surface area contributed by atoms with Crippen molar-refractivity contribution in [2.24, 2.45) is 0 Å². The molecular formula is C21H17N5O. The summed E-state index contributed by atoms with van der Waals surface area (Å²) in [6, 6.07) is 20.2. The molecule has 0 radical (unpaired) electrons. The van der Waals surface area contributed by atoms with Crippen molar-refractivity contribution >= 4 is 0 Å². The van der Waals surface area contributed by atoms with E-state index in [1.165, 1.54) is 0 Å². The van der Waals surface area contributed by atoms with E-state index in [-0.39, 0.29) is 6.61 Å². The molecule has 0 spiro atoms. The van der Waals surface area contributed by atoms with Gasteiger partial charge in [-0.15, -0.1) is 0 Å². The number of pyridine rings is 3. The Balaban J connectivity index is 2.11. The van der Waals surface area contributed by atoms with Crippen molar-refractivity contribution in [3.8, 4) is 12.1 Å². The number of aromatic nitrogens is 3. The molecule has 0 unspecified atom stereocenters. The first-order valence-electron chi connectivity index (χ1n) is 8.51. The molecule has 0 N–H and O–H groups in total. The summed E-state index contributed by atoms with van der Waals surface area (Å²) in [4.78, 5) is 13.2. The Morgan fingerprint density at radius 1 is 0.889 bits per heavy atom. The second-order valence-corrected chi connectivity index (χ2v) is 5.83. The highest BCUT2D eigenvalue weighted by Gasteiger charge is 2.37. The van der Waals surface area contributed by atoms with Crippen LogP contribution in [0.4, 0.5) is 0 Å². The zero-order valence-electron chi connectivity index (χ0n) is 14.8. The van der Waals surface area contributed by atoms with Gasteiger partial charge < -0.3 is 4.74 Å². The maximum absolute atomic E-state index is 9.24. The average molecular weight is 355 g/mol. The van der Waals surface area contributed by atoms with Crippen LogP contribution in [0.2, 0.25) is 0 Å². The van der Waals surface area contributed by atoms with Crippen molar-refractivity contribution in [3.63, 3.8) is 0 Å². The van der Waals surface area contributed by atoms with Gasteiger partial charge in [0.25, 0.3) is 0 Å². The van der Waals surface area contributed by atoms with Gasteiger partial charge in [-0.05, 0) is 42.8 Å². The minimum atomic E-state index is -1.00. The van der Waals surface area contributed by atoms with E-state index >= 15 is 0 Å². The first-order valence-corrected chi connectivity index (χ1v) is 8.51. The third-order valence-electron chi connectivity index (χ3n) is 4.25. The van der Waals surface area contributed by atoms with Gasteiger partial charge in [0.2, 0.25) is 0 Å². The Bertz CT molecular complexity index is 947. The zero-order chi connectivity index (χ0) is 19.1. The normalized spacial score (nSPS) is 10.8. The van der Waals surface area contributed by atoms with Gasteiger partial charge in [0.15, 0.2) is 5.60 Å². The van der Waals surface area contributed by atoms with Crippen LogP contribution in [0.25, 0.3) is 0 Å². The van der Waals surface area contributed by atoms with Gasteiger partial charge in [-0.25, -0.2) is 9.97 Å². The fraction of sp³-hybridized carbons (Fsp3) is 0.190. The average Bonchev–Trinajstić information content (AvgIpc) is 2.75. The number of nitriles is 2. The third-order valence-corrected chi connectivity index (χ3v) is 4.25. The maximum atomic E-state index is 9.24. The lowest BCUT2D eigenvalue weighted by Crippen LogP contribution is -2.33. The summed E-state index contributed by atoms with van der Waals surface area (Å²) in [5.74, 6) is 0. The van der Waals surface area contributed by atoms with Crippen molar-refractivity contribution in [2.45, 2.75) is 25.6 Å². The first-order chi connectivity index (χ1) is 13.2. The van der Waals surface area contributed by atoms with Crippen LogP contribution >= 0.6 is 0 Å². The van der Waals surface area contributed by atoms with E-state index in [0.717, 1.165) is 5.69 Å². The predicted octanol–water partition coefficient (Wildman–Crippen LogP) is 3.49. The van der Waals surface area contributed by atoms with Crippen LogP contribution in [0.3, 0.4) is 0 Å². The Morgan fingerprint density at radius 3 is 2.00 bits per heavy atom. The standard InChI is InChI=1S/C21H17N5O/c1-2-21(19-10-5-8-16(13-22)25-19,20-11-6-9-17(14-23)26-20)27-15-18-7-3-4-12-24-18/h3-12H,2,15H2,1H3. The minimum absolute atomic E-state index is 0.242. The Labute approximate surface area is 157 Å². The van der Waals surface area contributed by atoms with Gasteiger partial charge in [0, 0.05) is 6.20 Å². The maximum Gasteiger partial charge on any atom is 0.152 e. The van der Waals surface area contributed by atoms with Crippen LogP contribution in [0.5, 0.6) is 0 Å². The van der Waals surface area contributed by atoms with Crippen molar-refractivity contribution in [3.05, 3.63) is 89.3 Å². The number of nitrogens with zero attached hydrogens (tertiary/aromatic N) is 5. The van der Waals surface area contributed by atoms with Crippen LogP contribution in [0, 0.1) is 22.7 Å². The van der Waals surface area contributed by atoms with Crippen LogP contribution in [-0.2, 0) is 16.9 Å². The topological polar surface area (TPSA) is 95.5 Å². The molecule has 6 nitrogen and oxygen atoms in total. The number of hydrogen-bond donors (Lipinski definition) is 0. The molecule has 3 aromatic heterocycles. The highest BCUT2D eigenvalue weighted by Crippen LogP contribution is 2.36. The van der Waals surface area contributed by atoms with Gasteiger partial charge >= 0.3 is 0 Å². The van der Waals surface area contributed by atoms with E-state index in [1.807, 2.05) is 37.3 Å². The third kappa shape index (κ3) is 3.82. The summed E-state index contributed by atoms with van der Waals surface area (Å²) in [5.41, 5.74) is 1.50. The lowest BCUT2D eigenvalue weighted by atomic mass is 9.90. The molecule has 0 aliphatic heterocycles. The monoisotopic (exact) mass is 355 g/mol. The van der Waals surface area contributed by atoms with E-state index < -0.39 is 5.60 Å². The second-order valence-electron chi connectivity index (χ2n) is 5.83. The smallest absolute Gasteiger partial charge is 0.152 e. The molecule has 6 heteroatoms. The van der Waals surface area contributed by atoms with Crippen LogP contribution in [-0.4, -0.2) is 15.0 Å². The van der Waals surface area contributed by atoms with Gasteiger partial charge in [-0.2, -0.15) is 10.5 Å². The molecule has 0 atom stereocenters. The summed E-state index contributed by atoms with van der Waals surface area (Å²) in [6.45, 7) is 2.20. The number of ether oxygens (including phenoxy) is 1. The molecule has 3 rings (SSSR count). The fourth-order valence-corrected chi connectivity index (χ4v) is 2.87. The fourth-order valence-electron chi connectivity index (χ4n) is 2.87. The van der Waals surface area contributed by atoms with Crippen LogP contribution in [0.1, 0.15) is 41.8 Å². The molecule has 3 heterocycles. The molecule has 0 aliphatic carbocycles. The highest BCUT2D eigenvalue weighted by atomic mass is 16.5. The van der Waals surface area contributed by atoms with Gasteiger partial charge in [0.05, 0.1) is 23.7 Å². The number of rotatable bonds is 6. The zero-order valence-corrected chi connectivity index (χ0v) is 14.8. The van der Waals surface area contributed by atoms with E-state index in [0.29, 0.717) is 29.2 Å². The second kappa shape index (κ2) is 8.18. The van der Waals surface area contributed by atoms with E-state index in [2.05, 4.69) is 27.1 Å². The molecule has 0 aliphatic rings. The van der Waals surface area contributed by atoms with E-state index in [1.54, 1.807) is 30.5 Å².